The molecule has 1 aliphatic rings. The third-order valence-corrected chi connectivity index (χ3v) is 5.90. The van der Waals surface area contributed by atoms with Gasteiger partial charge in [-0.2, -0.15) is 11.8 Å². The molecule has 3 rings (SSSR count). The largest absolute Gasteiger partial charge is 0.429 e. The Morgan fingerprint density at radius 2 is 2.39 bits per heavy atom. The molecule has 1 N–H and O–H groups in total. The van der Waals surface area contributed by atoms with Crippen LogP contribution in [0.1, 0.15) is 0 Å². The minimum Gasteiger partial charge on any atom is -0.429 e. The molecule has 1 saturated heterocycles. The SMILES string of the molecule is O=S(=O)(CC1CS1)c1ncc(Oc2cccs2)[nH]1. The maximum Gasteiger partial charge on any atom is 0.227 e. The molecule has 8 heteroatoms. The smallest absolute Gasteiger partial charge is 0.227 e. The third-order valence-electron chi connectivity index (χ3n) is 2.34. The number of nitrogens with one attached hydrogen (secondary N) is 1. The highest BCUT2D eigenvalue weighted by Crippen LogP contribution is 2.32. The molecule has 0 saturated carbocycles. The molecule has 2 aromatic rings. The van der Waals surface area contributed by atoms with Crippen molar-refractivity contribution in [3.63, 3.8) is 0 Å². The molecule has 18 heavy (non-hydrogen) atoms. The summed E-state index contributed by atoms with van der Waals surface area (Å²) >= 11 is 3.08. The van der Waals surface area contributed by atoms with Crippen molar-refractivity contribution in [1.82, 2.24) is 9.97 Å². The second-order valence-corrected chi connectivity index (χ2v) is 8.02. The summed E-state index contributed by atoms with van der Waals surface area (Å²) in [5.41, 5.74) is 0. The standard InChI is InChI=1S/C10H10N2O3S3/c13-18(14,6-7-5-17-7)10-11-4-8(12-10)15-9-2-1-3-16-9/h1-4,7H,5-6H2,(H,11,12). The van der Waals surface area contributed by atoms with Gasteiger partial charge >= 0.3 is 0 Å². The van der Waals surface area contributed by atoms with Gasteiger partial charge in [-0.3, -0.25) is 4.98 Å². The lowest BCUT2D eigenvalue weighted by molar-refractivity contribution is 0.475. The van der Waals surface area contributed by atoms with Gasteiger partial charge in [-0.1, -0.05) is 0 Å². The monoisotopic (exact) mass is 302 g/mol. The van der Waals surface area contributed by atoms with Gasteiger partial charge in [0.15, 0.2) is 5.06 Å². The summed E-state index contributed by atoms with van der Waals surface area (Å²) in [6.07, 6.45) is 1.40. The fraction of sp³-hybridized carbons (Fsp3) is 0.300. The highest BCUT2D eigenvalue weighted by atomic mass is 32.2. The number of thiophene rings is 1. The molecule has 1 unspecified atom stereocenters. The molecule has 96 valence electrons. The summed E-state index contributed by atoms with van der Waals surface area (Å²) in [6, 6.07) is 3.67. The van der Waals surface area contributed by atoms with Crippen molar-refractivity contribution >= 4 is 32.9 Å². The molecule has 1 aliphatic heterocycles. The van der Waals surface area contributed by atoms with E-state index in [-0.39, 0.29) is 16.2 Å². The molecule has 0 amide bonds. The van der Waals surface area contributed by atoms with Crippen molar-refractivity contribution < 1.29 is 13.2 Å². The fourth-order valence-electron chi connectivity index (χ4n) is 1.41. The fourth-order valence-corrected chi connectivity index (χ4v) is 4.56. The summed E-state index contributed by atoms with van der Waals surface area (Å²) < 4.78 is 29.3. The maximum atomic E-state index is 11.9. The summed E-state index contributed by atoms with van der Waals surface area (Å²) in [5, 5.41) is 2.79. The normalized spacial score (nSPS) is 18.8. The maximum absolute atomic E-state index is 11.9. The van der Waals surface area contributed by atoms with Crippen LogP contribution < -0.4 is 4.74 Å². The number of H-pyrrole nitrogens is 1. The Kier molecular flexibility index (Phi) is 3.08. The van der Waals surface area contributed by atoms with Crippen LogP contribution in [0.15, 0.2) is 28.9 Å². The molecule has 0 aliphatic carbocycles. The van der Waals surface area contributed by atoms with Crippen LogP contribution in [0.3, 0.4) is 0 Å². The number of nitrogens with zero attached hydrogens (tertiary/aromatic N) is 1. The Morgan fingerprint density at radius 3 is 3.06 bits per heavy atom. The average molecular weight is 302 g/mol. The van der Waals surface area contributed by atoms with Gasteiger partial charge in [0.25, 0.3) is 0 Å². The van der Waals surface area contributed by atoms with Crippen LogP contribution in [0.4, 0.5) is 0 Å². The molecule has 1 atom stereocenters. The minimum atomic E-state index is -3.32. The van der Waals surface area contributed by atoms with Crippen LogP contribution in [0, 0.1) is 0 Å². The van der Waals surface area contributed by atoms with Crippen LogP contribution in [0.25, 0.3) is 0 Å². The van der Waals surface area contributed by atoms with E-state index in [1.165, 1.54) is 17.5 Å². The van der Waals surface area contributed by atoms with E-state index in [4.69, 9.17) is 4.74 Å². The number of rotatable bonds is 5. The van der Waals surface area contributed by atoms with Crippen molar-refractivity contribution in [1.29, 1.82) is 0 Å². The van der Waals surface area contributed by atoms with Crippen molar-refractivity contribution in [3.05, 3.63) is 23.7 Å². The molecular weight excluding hydrogens is 292 g/mol. The number of thioether (sulfide) groups is 1. The molecule has 2 aromatic heterocycles. The summed E-state index contributed by atoms with van der Waals surface area (Å²) in [4.78, 5) is 6.58. The van der Waals surface area contributed by atoms with Crippen molar-refractivity contribution in [3.8, 4) is 10.9 Å². The van der Waals surface area contributed by atoms with Crippen LogP contribution >= 0.6 is 23.1 Å². The molecule has 5 nitrogen and oxygen atoms in total. The topological polar surface area (TPSA) is 72.1 Å². The number of imidazole rings is 1. The molecule has 0 aromatic carbocycles. The van der Waals surface area contributed by atoms with E-state index in [1.54, 1.807) is 17.8 Å². The van der Waals surface area contributed by atoms with Crippen LogP contribution in [0.5, 0.6) is 10.9 Å². The summed E-state index contributed by atoms with van der Waals surface area (Å²) in [7, 11) is -3.32. The molecule has 0 spiro atoms. The summed E-state index contributed by atoms with van der Waals surface area (Å²) in [5.74, 6) is 1.40. The van der Waals surface area contributed by atoms with E-state index in [9.17, 15) is 8.42 Å². The quantitative estimate of drug-likeness (QED) is 0.857. The van der Waals surface area contributed by atoms with Gasteiger partial charge in [-0.05, 0) is 17.5 Å². The lowest BCUT2D eigenvalue weighted by Gasteiger charge is -1.99. The Morgan fingerprint density at radius 1 is 1.56 bits per heavy atom. The number of ether oxygens (including phenoxy) is 1. The zero-order chi connectivity index (χ0) is 12.6. The first-order valence-electron chi connectivity index (χ1n) is 5.24. The van der Waals surface area contributed by atoms with E-state index < -0.39 is 9.84 Å². The lowest BCUT2D eigenvalue weighted by Crippen LogP contribution is -2.12. The molecular formula is C10H10N2O3S3. The first-order chi connectivity index (χ1) is 8.63. The number of hydrogen-bond acceptors (Lipinski definition) is 6. The van der Waals surface area contributed by atoms with Crippen molar-refractivity contribution in [2.45, 2.75) is 10.4 Å². The second kappa shape index (κ2) is 4.60. The zero-order valence-corrected chi connectivity index (χ0v) is 11.6. The van der Waals surface area contributed by atoms with E-state index in [2.05, 4.69) is 9.97 Å². The Labute approximate surface area is 113 Å². The Bertz CT molecular complexity index is 629. The highest BCUT2D eigenvalue weighted by molar-refractivity contribution is 8.08. The number of aromatic nitrogens is 2. The van der Waals surface area contributed by atoms with Crippen molar-refractivity contribution in [2.75, 3.05) is 11.5 Å². The van der Waals surface area contributed by atoms with Gasteiger partial charge in [0.1, 0.15) is 0 Å². The van der Waals surface area contributed by atoms with Gasteiger partial charge in [0, 0.05) is 11.0 Å². The van der Waals surface area contributed by atoms with Crippen molar-refractivity contribution in [2.24, 2.45) is 0 Å². The summed E-state index contributed by atoms with van der Waals surface area (Å²) in [6.45, 7) is 0. The van der Waals surface area contributed by atoms with Gasteiger partial charge in [0.2, 0.25) is 20.9 Å². The minimum absolute atomic E-state index is 0.0124. The predicted octanol–water partition coefficient (Wildman–Crippen LogP) is 2.15. The third kappa shape index (κ3) is 2.70. The Balaban J connectivity index is 1.76. The first-order valence-corrected chi connectivity index (χ1v) is 8.82. The van der Waals surface area contributed by atoms with E-state index in [1.807, 2.05) is 11.4 Å². The van der Waals surface area contributed by atoms with Gasteiger partial charge in [0.05, 0.1) is 11.9 Å². The molecule has 0 radical (unpaired) electrons. The van der Waals surface area contributed by atoms with Crippen LogP contribution in [0.2, 0.25) is 0 Å². The van der Waals surface area contributed by atoms with E-state index >= 15 is 0 Å². The van der Waals surface area contributed by atoms with Gasteiger partial charge < -0.3 is 4.74 Å². The van der Waals surface area contributed by atoms with Gasteiger partial charge in [-0.25, -0.2) is 13.4 Å². The number of sulfone groups is 1. The average Bonchev–Trinajstić information content (AvgIpc) is 2.84. The van der Waals surface area contributed by atoms with Crippen LogP contribution in [-0.2, 0) is 9.84 Å². The Hall–Kier alpha value is -0.990. The predicted molar refractivity (Wildman–Crippen MR) is 71.3 cm³/mol. The number of aromatic amines is 1. The van der Waals surface area contributed by atoms with E-state index in [0.717, 1.165) is 5.75 Å². The molecule has 3 heterocycles. The number of hydrogen-bond donors (Lipinski definition) is 1. The van der Waals surface area contributed by atoms with Gasteiger partial charge in [-0.15, -0.1) is 11.3 Å². The second-order valence-electron chi connectivity index (χ2n) is 3.82. The molecule has 1 fully saturated rings. The highest BCUT2D eigenvalue weighted by Gasteiger charge is 2.31. The van der Waals surface area contributed by atoms with Crippen LogP contribution in [-0.4, -0.2) is 35.1 Å². The van der Waals surface area contributed by atoms with E-state index in [0.29, 0.717) is 10.9 Å². The zero-order valence-electron chi connectivity index (χ0n) is 9.20. The molecule has 0 bridgehead atoms. The lowest BCUT2D eigenvalue weighted by atomic mass is 10.6. The first kappa shape index (κ1) is 12.1.